The third-order valence-corrected chi connectivity index (χ3v) is 5.45. The maximum Gasteiger partial charge on any atom is 0.281 e. The molecular weight excluding hydrogens is 393 g/mol. The topological polar surface area (TPSA) is 79.8 Å². The molecule has 0 unspecified atom stereocenters. The van der Waals surface area contributed by atoms with Crippen LogP contribution in [0, 0.1) is 5.82 Å². The molecule has 2 heterocycles. The summed E-state index contributed by atoms with van der Waals surface area (Å²) < 4.78 is 18.4. The molecule has 4 rings (SSSR count). The standard InChI is InChI=1S/C21H16FN3O3S/c1-12(14-4-7-17-16(10-14)23-20(26)11-28-17)24-25-21(27)19-9-8-18(29-19)13-2-5-15(22)6-3-13/h2-10H,11H2,1H3,(H,23,26)(H,25,27)/b24-12-. The molecular formula is C21H16FN3O3S. The first kappa shape index (κ1) is 18.8. The fraction of sp³-hybridized carbons (Fsp3) is 0.0952. The monoisotopic (exact) mass is 409 g/mol. The van der Waals surface area contributed by atoms with Gasteiger partial charge in [0.1, 0.15) is 11.6 Å². The largest absolute Gasteiger partial charge is 0.482 e. The van der Waals surface area contributed by atoms with Crippen LogP contribution in [0.25, 0.3) is 10.4 Å². The van der Waals surface area contributed by atoms with Gasteiger partial charge in [-0.1, -0.05) is 12.1 Å². The van der Waals surface area contributed by atoms with Crippen LogP contribution in [0.5, 0.6) is 5.75 Å². The van der Waals surface area contributed by atoms with Gasteiger partial charge in [-0.2, -0.15) is 5.10 Å². The molecule has 0 atom stereocenters. The number of fused-ring (bicyclic) bond motifs is 1. The van der Waals surface area contributed by atoms with Crippen molar-refractivity contribution >= 4 is 34.6 Å². The van der Waals surface area contributed by atoms with Crippen LogP contribution in [0.2, 0.25) is 0 Å². The Morgan fingerprint density at radius 1 is 1.17 bits per heavy atom. The van der Waals surface area contributed by atoms with Gasteiger partial charge in [0.05, 0.1) is 16.3 Å². The van der Waals surface area contributed by atoms with Gasteiger partial charge in [0.25, 0.3) is 11.8 Å². The van der Waals surface area contributed by atoms with E-state index in [2.05, 4.69) is 15.8 Å². The lowest BCUT2D eigenvalue weighted by atomic mass is 10.1. The van der Waals surface area contributed by atoms with Gasteiger partial charge in [-0.25, -0.2) is 9.82 Å². The molecule has 1 aliphatic heterocycles. The highest BCUT2D eigenvalue weighted by Gasteiger charge is 2.16. The van der Waals surface area contributed by atoms with Crippen LogP contribution in [-0.2, 0) is 4.79 Å². The molecule has 3 aromatic rings. The van der Waals surface area contributed by atoms with Crippen LogP contribution in [0.1, 0.15) is 22.2 Å². The first-order valence-corrected chi connectivity index (χ1v) is 9.59. The van der Waals surface area contributed by atoms with Crippen molar-refractivity contribution in [3.05, 3.63) is 70.9 Å². The predicted octanol–water partition coefficient (Wildman–Crippen LogP) is 4.04. The minimum atomic E-state index is -0.336. The third kappa shape index (κ3) is 4.17. The minimum Gasteiger partial charge on any atom is -0.482 e. The second-order valence-corrected chi connectivity index (χ2v) is 7.44. The van der Waals surface area contributed by atoms with Crippen molar-refractivity contribution < 1.29 is 18.7 Å². The number of carbonyl (C=O) groups excluding carboxylic acids is 2. The molecule has 6 nitrogen and oxygen atoms in total. The molecule has 29 heavy (non-hydrogen) atoms. The fourth-order valence-electron chi connectivity index (χ4n) is 2.79. The molecule has 2 N–H and O–H groups in total. The first-order valence-electron chi connectivity index (χ1n) is 8.77. The van der Waals surface area contributed by atoms with Crippen molar-refractivity contribution in [3.63, 3.8) is 0 Å². The molecule has 2 aromatic carbocycles. The van der Waals surface area contributed by atoms with E-state index in [4.69, 9.17) is 4.74 Å². The Morgan fingerprint density at radius 2 is 1.97 bits per heavy atom. The van der Waals surface area contributed by atoms with E-state index in [0.717, 1.165) is 16.0 Å². The molecule has 0 saturated carbocycles. The Morgan fingerprint density at radius 3 is 2.76 bits per heavy atom. The number of nitrogens with one attached hydrogen (secondary N) is 2. The Bertz CT molecular complexity index is 1120. The van der Waals surface area contributed by atoms with Crippen LogP contribution in [-0.4, -0.2) is 24.1 Å². The average molecular weight is 409 g/mol. The van der Waals surface area contributed by atoms with Crippen molar-refractivity contribution in [1.82, 2.24) is 5.43 Å². The number of amides is 2. The summed E-state index contributed by atoms with van der Waals surface area (Å²) in [6, 6.07) is 14.9. The molecule has 0 bridgehead atoms. The molecule has 0 aliphatic carbocycles. The summed E-state index contributed by atoms with van der Waals surface area (Å²) in [7, 11) is 0. The third-order valence-electron chi connectivity index (χ3n) is 4.31. The number of thiophene rings is 1. The van der Waals surface area contributed by atoms with E-state index in [1.54, 1.807) is 43.3 Å². The summed E-state index contributed by atoms with van der Waals surface area (Å²) in [5.74, 6) is -0.261. The molecule has 2 amide bonds. The fourth-order valence-corrected chi connectivity index (χ4v) is 3.69. The van der Waals surface area contributed by atoms with Gasteiger partial charge >= 0.3 is 0 Å². The SMILES string of the molecule is C/C(=N/NC(=O)c1ccc(-c2ccc(F)cc2)s1)c1ccc2c(c1)NC(=O)CO2. The summed E-state index contributed by atoms with van der Waals surface area (Å²) >= 11 is 1.30. The number of carbonyl (C=O) groups is 2. The number of hydrogen-bond donors (Lipinski definition) is 2. The highest BCUT2D eigenvalue weighted by atomic mass is 32.1. The van der Waals surface area contributed by atoms with Crippen molar-refractivity contribution in [3.8, 4) is 16.2 Å². The Kier molecular flexibility index (Phi) is 5.09. The number of hydrazone groups is 1. The summed E-state index contributed by atoms with van der Waals surface area (Å²) in [6.45, 7) is 1.75. The zero-order valence-corrected chi connectivity index (χ0v) is 16.2. The van der Waals surface area contributed by atoms with Crippen LogP contribution in [0.15, 0.2) is 59.7 Å². The zero-order chi connectivity index (χ0) is 20.4. The van der Waals surface area contributed by atoms with E-state index >= 15 is 0 Å². The van der Waals surface area contributed by atoms with E-state index in [0.29, 0.717) is 22.0 Å². The maximum atomic E-state index is 13.1. The Labute approximate surface area is 170 Å². The number of halogens is 1. The average Bonchev–Trinajstić information content (AvgIpc) is 3.22. The van der Waals surface area contributed by atoms with E-state index in [-0.39, 0.29) is 24.2 Å². The van der Waals surface area contributed by atoms with Gasteiger partial charge in [-0.15, -0.1) is 11.3 Å². The number of anilines is 1. The van der Waals surface area contributed by atoms with Crippen LogP contribution >= 0.6 is 11.3 Å². The lowest BCUT2D eigenvalue weighted by Crippen LogP contribution is -2.25. The molecule has 146 valence electrons. The summed E-state index contributed by atoms with van der Waals surface area (Å²) in [5, 5.41) is 6.89. The van der Waals surface area contributed by atoms with Crippen molar-refractivity contribution in [1.29, 1.82) is 0 Å². The Hall–Kier alpha value is -3.52. The summed E-state index contributed by atoms with van der Waals surface area (Å²) in [6.07, 6.45) is 0. The summed E-state index contributed by atoms with van der Waals surface area (Å²) in [5.41, 5.74) is 5.28. The number of hydrogen-bond acceptors (Lipinski definition) is 5. The van der Waals surface area contributed by atoms with Gasteiger partial charge in [-0.3, -0.25) is 9.59 Å². The van der Waals surface area contributed by atoms with Gasteiger partial charge in [-0.05, 0) is 60.5 Å². The molecule has 0 spiro atoms. The Balaban J connectivity index is 1.46. The van der Waals surface area contributed by atoms with Crippen molar-refractivity contribution in [2.24, 2.45) is 5.10 Å². The van der Waals surface area contributed by atoms with Crippen LogP contribution in [0.3, 0.4) is 0 Å². The lowest BCUT2D eigenvalue weighted by molar-refractivity contribution is -0.118. The normalized spacial score (nSPS) is 13.3. The van der Waals surface area contributed by atoms with Crippen molar-refractivity contribution in [2.45, 2.75) is 6.92 Å². The lowest BCUT2D eigenvalue weighted by Gasteiger charge is -2.18. The second-order valence-electron chi connectivity index (χ2n) is 6.36. The molecule has 0 radical (unpaired) electrons. The van der Waals surface area contributed by atoms with Crippen LogP contribution < -0.4 is 15.5 Å². The van der Waals surface area contributed by atoms with E-state index in [9.17, 15) is 14.0 Å². The number of benzene rings is 2. The zero-order valence-electron chi connectivity index (χ0n) is 15.4. The number of nitrogens with zero attached hydrogens (tertiary/aromatic N) is 1. The highest BCUT2D eigenvalue weighted by Crippen LogP contribution is 2.29. The maximum absolute atomic E-state index is 13.1. The summed E-state index contributed by atoms with van der Waals surface area (Å²) in [4.78, 5) is 25.2. The van der Waals surface area contributed by atoms with E-state index in [1.165, 1.54) is 23.5 Å². The van der Waals surface area contributed by atoms with Gasteiger partial charge in [0, 0.05) is 4.88 Å². The van der Waals surface area contributed by atoms with E-state index in [1.807, 2.05) is 6.07 Å². The molecule has 1 aliphatic rings. The quantitative estimate of drug-likeness (QED) is 0.504. The highest BCUT2D eigenvalue weighted by molar-refractivity contribution is 7.17. The molecule has 8 heteroatoms. The molecule has 1 aromatic heterocycles. The first-order chi connectivity index (χ1) is 14.0. The van der Waals surface area contributed by atoms with Gasteiger partial charge in [0.2, 0.25) is 0 Å². The predicted molar refractivity (Wildman–Crippen MR) is 110 cm³/mol. The van der Waals surface area contributed by atoms with E-state index < -0.39 is 0 Å². The molecule has 0 saturated heterocycles. The second kappa shape index (κ2) is 7.84. The number of rotatable bonds is 4. The van der Waals surface area contributed by atoms with Gasteiger partial charge < -0.3 is 10.1 Å². The van der Waals surface area contributed by atoms with Crippen LogP contribution in [0.4, 0.5) is 10.1 Å². The molecule has 0 fully saturated rings. The smallest absolute Gasteiger partial charge is 0.281 e. The van der Waals surface area contributed by atoms with Crippen molar-refractivity contribution in [2.75, 3.05) is 11.9 Å². The van der Waals surface area contributed by atoms with Gasteiger partial charge in [0.15, 0.2) is 6.61 Å². The minimum absolute atomic E-state index is 0.00377. The number of ether oxygens (including phenoxy) is 1.